The Kier molecular flexibility index (Phi) is 3.86. The van der Waals surface area contributed by atoms with E-state index in [-0.39, 0.29) is 23.2 Å². The maximum atomic E-state index is 12.6. The van der Waals surface area contributed by atoms with Gasteiger partial charge in [0.15, 0.2) is 0 Å². The molecule has 1 aromatic rings. The van der Waals surface area contributed by atoms with E-state index in [0.29, 0.717) is 11.8 Å². The Hall–Kier alpha value is -1.84. The maximum Gasteiger partial charge on any atom is 0.227 e. The fraction of sp³-hybridized carbons (Fsp3) is 0.600. The number of hydrogen-bond donors (Lipinski definition) is 1. The molecule has 1 N–H and O–H groups in total. The fourth-order valence-electron chi connectivity index (χ4n) is 4.91. The minimum Gasteiger partial charge on any atom is -0.355 e. The minimum absolute atomic E-state index is 0.181. The Balaban J connectivity index is 1.48. The van der Waals surface area contributed by atoms with Crippen molar-refractivity contribution in [3.63, 3.8) is 0 Å². The van der Waals surface area contributed by atoms with E-state index in [2.05, 4.69) is 24.4 Å². The average molecular weight is 326 g/mol. The van der Waals surface area contributed by atoms with Gasteiger partial charge in [0.1, 0.15) is 0 Å². The van der Waals surface area contributed by atoms with E-state index in [1.54, 1.807) is 0 Å². The number of likely N-dealkylation sites (tertiary alicyclic amines) is 1. The number of nitrogens with one attached hydrogen (secondary N) is 1. The SMILES string of the molecule is CC1CC(C(=O)N2CCC3(CC2)C(=O)NCC3c2ccccc2)C1. The van der Waals surface area contributed by atoms with Crippen LogP contribution in [-0.4, -0.2) is 36.3 Å². The lowest BCUT2D eigenvalue weighted by Crippen LogP contribution is -2.50. The van der Waals surface area contributed by atoms with Crippen LogP contribution in [0.25, 0.3) is 0 Å². The lowest BCUT2D eigenvalue weighted by Gasteiger charge is -2.43. The highest BCUT2D eigenvalue weighted by Gasteiger charge is 2.52. The Bertz CT molecular complexity index is 628. The van der Waals surface area contributed by atoms with Crippen LogP contribution in [0.4, 0.5) is 0 Å². The number of amides is 2. The van der Waals surface area contributed by atoms with Gasteiger partial charge in [-0.25, -0.2) is 0 Å². The summed E-state index contributed by atoms with van der Waals surface area (Å²) in [6.45, 7) is 4.38. The summed E-state index contributed by atoms with van der Waals surface area (Å²) in [6.07, 6.45) is 3.64. The third-order valence-electron chi connectivity index (χ3n) is 6.48. The first-order valence-corrected chi connectivity index (χ1v) is 9.22. The number of carbonyl (C=O) groups is 2. The first kappa shape index (κ1) is 15.7. The van der Waals surface area contributed by atoms with E-state index in [1.165, 1.54) is 5.56 Å². The largest absolute Gasteiger partial charge is 0.355 e. The molecule has 4 heteroatoms. The van der Waals surface area contributed by atoms with Crippen molar-refractivity contribution in [2.24, 2.45) is 17.3 Å². The van der Waals surface area contributed by atoms with Crippen molar-refractivity contribution in [3.05, 3.63) is 35.9 Å². The lowest BCUT2D eigenvalue weighted by molar-refractivity contribution is -0.145. The van der Waals surface area contributed by atoms with E-state index in [4.69, 9.17) is 0 Å². The summed E-state index contributed by atoms with van der Waals surface area (Å²) in [6, 6.07) is 10.4. The van der Waals surface area contributed by atoms with Gasteiger partial charge in [-0.1, -0.05) is 37.3 Å². The molecule has 1 aromatic carbocycles. The molecule has 3 aliphatic rings. The Morgan fingerprint density at radius 1 is 1.17 bits per heavy atom. The summed E-state index contributed by atoms with van der Waals surface area (Å²) in [4.78, 5) is 27.2. The molecule has 1 saturated carbocycles. The zero-order valence-electron chi connectivity index (χ0n) is 14.3. The molecule has 2 saturated heterocycles. The van der Waals surface area contributed by atoms with Crippen LogP contribution in [0.5, 0.6) is 0 Å². The van der Waals surface area contributed by atoms with E-state index < -0.39 is 0 Å². The topological polar surface area (TPSA) is 49.4 Å². The Morgan fingerprint density at radius 2 is 1.83 bits per heavy atom. The van der Waals surface area contributed by atoms with Crippen molar-refractivity contribution in [2.75, 3.05) is 19.6 Å². The monoisotopic (exact) mass is 326 g/mol. The normalized spacial score (nSPS) is 31.6. The number of nitrogens with zero attached hydrogens (tertiary/aromatic N) is 1. The van der Waals surface area contributed by atoms with Gasteiger partial charge >= 0.3 is 0 Å². The summed E-state index contributed by atoms with van der Waals surface area (Å²) in [5, 5.41) is 3.08. The highest BCUT2D eigenvalue weighted by Crippen LogP contribution is 2.48. The number of hydrogen-bond acceptors (Lipinski definition) is 2. The van der Waals surface area contributed by atoms with Gasteiger partial charge in [-0.3, -0.25) is 9.59 Å². The quantitative estimate of drug-likeness (QED) is 0.908. The molecule has 4 rings (SSSR count). The Morgan fingerprint density at radius 3 is 2.46 bits per heavy atom. The van der Waals surface area contributed by atoms with Crippen LogP contribution >= 0.6 is 0 Å². The van der Waals surface area contributed by atoms with Gasteiger partial charge in [-0.15, -0.1) is 0 Å². The molecule has 1 unspecified atom stereocenters. The van der Waals surface area contributed by atoms with Crippen molar-refractivity contribution >= 4 is 11.8 Å². The molecule has 4 nitrogen and oxygen atoms in total. The summed E-state index contributed by atoms with van der Waals surface area (Å²) >= 11 is 0. The number of rotatable bonds is 2. The van der Waals surface area contributed by atoms with Crippen molar-refractivity contribution in [2.45, 2.75) is 38.5 Å². The molecule has 0 aromatic heterocycles. The van der Waals surface area contributed by atoms with Crippen LogP contribution in [0.3, 0.4) is 0 Å². The smallest absolute Gasteiger partial charge is 0.227 e. The molecule has 1 spiro atoms. The summed E-state index contributed by atoms with van der Waals surface area (Å²) in [5.41, 5.74) is 0.911. The molecule has 128 valence electrons. The fourth-order valence-corrected chi connectivity index (χ4v) is 4.91. The molecular formula is C20H26N2O2. The van der Waals surface area contributed by atoms with Crippen LogP contribution in [-0.2, 0) is 9.59 Å². The van der Waals surface area contributed by atoms with Crippen molar-refractivity contribution < 1.29 is 9.59 Å². The van der Waals surface area contributed by atoms with Crippen LogP contribution in [0.1, 0.15) is 44.1 Å². The second-order valence-electron chi connectivity index (χ2n) is 7.93. The second kappa shape index (κ2) is 5.91. The lowest BCUT2D eigenvalue weighted by atomic mass is 9.67. The molecule has 2 heterocycles. The zero-order valence-corrected chi connectivity index (χ0v) is 14.3. The van der Waals surface area contributed by atoms with Gasteiger partial charge in [-0.2, -0.15) is 0 Å². The molecule has 24 heavy (non-hydrogen) atoms. The summed E-state index contributed by atoms with van der Waals surface area (Å²) < 4.78 is 0. The second-order valence-corrected chi connectivity index (χ2v) is 7.93. The van der Waals surface area contributed by atoms with E-state index in [1.807, 2.05) is 23.1 Å². The summed E-state index contributed by atoms with van der Waals surface area (Å²) in [7, 11) is 0. The predicted octanol–water partition coefficient (Wildman–Crippen LogP) is 2.55. The number of carbonyl (C=O) groups excluding carboxylic acids is 2. The minimum atomic E-state index is -0.328. The van der Waals surface area contributed by atoms with E-state index >= 15 is 0 Å². The molecule has 0 radical (unpaired) electrons. The van der Waals surface area contributed by atoms with Crippen molar-refractivity contribution in [1.29, 1.82) is 0 Å². The van der Waals surface area contributed by atoms with Crippen molar-refractivity contribution in [1.82, 2.24) is 10.2 Å². The van der Waals surface area contributed by atoms with Gasteiger partial charge in [-0.05, 0) is 37.2 Å². The third-order valence-corrected chi connectivity index (χ3v) is 6.48. The highest BCUT2D eigenvalue weighted by molar-refractivity contribution is 5.87. The number of piperidine rings is 1. The van der Waals surface area contributed by atoms with Crippen LogP contribution in [0, 0.1) is 17.3 Å². The van der Waals surface area contributed by atoms with Gasteiger partial charge in [0, 0.05) is 31.5 Å². The molecule has 3 fully saturated rings. The first-order valence-electron chi connectivity index (χ1n) is 9.22. The molecule has 1 aliphatic carbocycles. The molecule has 2 amide bonds. The highest BCUT2D eigenvalue weighted by atomic mass is 16.2. The van der Waals surface area contributed by atoms with Crippen LogP contribution in [0.15, 0.2) is 30.3 Å². The van der Waals surface area contributed by atoms with Crippen molar-refractivity contribution in [3.8, 4) is 0 Å². The van der Waals surface area contributed by atoms with Gasteiger partial charge in [0.05, 0.1) is 5.41 Å². The standard InChI is InChI=1S/C20H26N2O2/c1-14-11-16(12-14)18(23)22-9-7-20(8-10-22)17(13-21-19(20)24)15-5-3-2-4-6-15/h2-6,14,16-17H,7-13H2,1H3,(H,21,24). The Labute approximate surface area is 143 Å². The van der Waals surface area contributed by atoms with Crippen LogP contribution < -0.4 is 5.32 Å². The molecule has 1 atom stereocenters. The molecule has 0 bridgehead atoms. The van der Waals surface area contributed by atoms with E-state index in [0.717, 1.165) is 45.3 Å². The average Bonchev–Trinajstić information content (AvgIpc) is 2.89. The van der Waals surface area contributed by atoms with E-state index in [9.17, 15) is 9.59 Å². The van der Waals surface area contributed by atoms with Crippen LogP contribution in [0.2, 0.25) is 0 Å². The third kappa shape index (κ3) is 2.43. The predicted molar refractivity (Wildman–Crippen MR) is 92.3 cm³/mol. The summed E-state index contributed by atoms with van der Waals surface area (Å²) in [5.74, 6) is 1.65. The molecule has 2 aliphatic heterocycles. The van der Waals surface area contributed by atoms with Gasteiger partial charge in [0.2, 0.25) is 11.8 Å². The molecular weight excluding hydrogens is 300 g/mol. The van der Waals surface area contributed by atoms with Gasteiger partial charge in [0.25, 0.3) is 0 Å². The van der Waals surface area contributed by atoms with Gasteiger partial charge < -0.3 is 10.2 Å². The first-order chi connectivity index (χ1) is 11.6. The maximum absolute atomic E-state index is 12.6. The zero-order chi connectivity index (χ0) is 16.7. The number of benzene rings is 1.